The van der Waals surface area contributed by atoms with Gasteiger partial charge in [0.05, 0.1) is 0 Å². The van der Waals surface area contributed by atoms with Crippen LogP contribution in [0.25, 0.3) is 0 Å². The van der Waals surface area contributed by atoms with E-state index in [0.717, 1.165) is 12.8 Å². The molecule has 0 saturated heterocycles. The van der Waals surface area contributed by atoms with Gasteiger partial charge in [-0.2, -0.15) is 0 Å². The lowest BCUT2D eigenvalue weighted by Crippen LogP contribution is -2.32. The number of fused-ring (bicyclic) bond motifs is 1. The van der Waals surface area contributed by atoms with Gasteiger partial charge in [-0.25, -0.2) is 0 Å². The summed E-state index contributed by atoms with van der Waals surface area (Å²) in [7, 11) is 0. The van der Waals surface area contributed by atoms with Crippen molar-refractivity contribution >= 4 is 15.9 Å². The minimum atomic E-state index is 0.0417. The Balaban J connectivity index is 2.25. The zero-order valence-electron chi connectivity index (χ0n) is 9.96. The number of aliphatic hydroxyl groups is 1. The van der Waals surface area contributed by atoms with Crippen LogP contribution in [0.2, 0.25) is 0 Å². The van der Waals surface area contributed by atoms with Crippen LogP contribution >= 0.6 is 15.9 Å². The fourth-order valence-corrected chi connectivity index (χ4v) is 3.16. The second kappa shape index (κ2) is 4.50. The van der Waals surface area contributed by atoms with Crippen LogP contribution in [0.15, 0.2) is 22.7 Å². The molecule has 2 heteroatoms. The Hall–Kier alpha value is -0.340. The maximum absolute atomic E-state index is 9.44. The van der Waals surface area contributed by atoms with Gasteiger partial charge in [0.25, 0.3) is 0 Å². The predicted octanol–water partition coefficient (Wildman–Crippen LogP) is 3.57. The van der Waals surface area contributed by atoms with Gasteiger partial charge in [0.15, 0.2) is 0 Å². The van der Waals surface area contributed by atoms with Crippen molar-refractivity contribution in [2.75, 3.05) is 6.61 Å². The van der Waals surface area contributed by atoms with Gasteiger partial charge in [-0.15, -0.1) is 0 Å². The third-order valence-electron chi connectivity index (χ3n) is 3.94. The molecule has 1 aliphatic carbocycles. The third-order valence-corrected chi connectivity index (χ3v) is 4.68. The van der Waals surface area contributed by atoms with Gasteiger partial charge >= 0.3 is 0 Å². The molecule has 1 aliphatic rings. The fourth-order valence-electron chi connectivity index (χ4n) is 2.56. The van der Waals surface area contributed by atoms with Gasteiger partial charge in [-0.05, 0) is 47.8 Å². The van der Waals surface area contributed by atoms with Crippen LogP contribution in [0.4, 0.5) is 0 Å². The van der Waals surface area contributed by atoms with Crippen LogP contribution in [-0.2, 0) is 12.8 Å². The lowest BCUT2D eigenvalue weighted by molar-refractivity contribution is 0.0874. The van der Waals surface area contributed by atoms with Crippen LogP contribution < -0.4 is 0 Å². The van der Waals surface area contributed by atoms with E-state index in [9.17, 15) is 5.11 Å². The van der Waals surface area contributed by atoms with Crippen molar-refractivity contribution in [2.45, 2.75) is 33.1 Å². The molecule has 0 aromatic heterocycles. The average molecular weight is 283 g/mol. The third kappa shape index (κ3) is 2.18. The van der Waals surface area contributed by atoms with E-state index in [2.05, 4.69) is 48.0 Å². The summed E-state index contributed by atoms with van der Waals surface area (Å²) in [6, 6.07) is 6.45. The summed E-state index contributed by atoms with van der Waals surface area (Å²) in [5, 5.41) is 9.44. The Morgan fingerprint density at radius 2 is 2.19 bits per heavy atom. The van der Waals surface area contributed by atoms with Crippen molar-refractivity contribution < 1.29 is 5.11 Å². The molecule has 1 nitrogen and oxygen atoms in total. The zero-order chi connectivity index (χ0) is 11.8. The summed E-state index contributed by atoms with van der Waals surface area (Å²) in [6.45, 7) is 4.61. The molecule has 0 spiro atoms. The van der Waals surface area contributed by atoms with Gasteiger partial charge in [0, 0.05) is 11.1 Å². The van der Waals surface area contributed by atoms with Gasteiger partial charge in [-0.3, -0.25) is 0 Å². The van der Waals surface area contributed by atoms with Gasteiger partial charge in [0.2, 0.25) is 0 Å². The van der Waals surface area contributed by atoms with E-state index in [1.54, 1.807) is 0 Å². The van der Waals surface area contributed by atoms with Crippen LogP contribution in [-0.4, -0.2) is 11.7 Å². The van der Waals surface area contributed by atoms with Crippen molar-refractivity contribution in [2.24, 2.45) is 11.3 Å². The highest BCUT2D eigenvalue weighted by molar-refractivity contribution is 9.10. The first-order valence-electron chi connectivity index (χ1n) is 5.92. The average Bonchev–Trinajstić information content (AvgIpc) is 2.29. The zero-order valence-corrected chi connectivity index (χ0v) is 11.5. The van der Waals surface area contributed by atoms with Crippen molar-refractivity contribution in [3.8, 4) is 0 Å². The first-order chi connectivity index (χ1) is 7.54. The van der Waals surface area contributed by atoms with E-state index in [0.29, 0.717) is 5.92 Å². The van der Waals surface area contributed by atoms with Crippen molar-refractivity contribution in [1.29, 1.82) is 0 Å². The molecule has 1 aromatic rings. The second-order valence-corrected chi connectivity index (χ2v) is 6.32. The summed E-state index contributed by atoms with van der Waals surface area (Å²) in [6.07, 6.45) is 3.41. The number of rotatable bonds is 2. The summed E-state index contributed by atoms with van der Waals surface area (Å²) < 4.78 is 1.24. The first kappa shape index (κ1) is 12.1. The van der Waals surface area contributed by atoms with Crippen LogP contribution in [0.1, 0.15) is 31.4 Å². The SMILES string of the molecule is CC(C)(CO)C1CCc2c(Br)cccc2C1. The lowest BCUT2D eigenvalue weighted by Gasteiger charge is -2.36. The smallest absolute Gasteiger partial charge is 0.0484 e. The minimum absolute atomic E-state index is 0.0417. The Labute approximate surface area is 106 Å². The number of benzene rings is 1. The van der Waals surface area contributed by atoms with Crippen LogP contribution in [0.5, 0.6) is 0 Å². The number of hydrogen-bond acceptors (Lipinski definition) is 1. The van der Waals surface area contributed by atoms with Crippen LogP contribution in [0, 0.1) is 11.3 Å². The molecule has 2 rings (SSSR count). The molecule has 1 aromatic carbocycles. The molecule has 1 atom stereocenters. The maximum Gasteiger partial charge on any atom is 0.0484 e. The van der Waals surface area contributed by atoms with Gasteiger partial charge < -0.3 is 5.11 Å². The molecule has 88 valence electrons. The maximum atomic E-state index is 9.44. The van der Waals surface area contributed by atoms with Crippen LogP contribution in [0.3, 0.4) is 0 Å². The molecule has 0 saturated carbocycles. The van der Waals surface area contributed by atoms with E-state index in [4.69, 9.17) is 0 Å². The van der Waals surface area contributed by atoms with E-state index >= 15 is 0 Å². The summed E-state index contributed by atoms with van der Waals surface area (Å²) in [5.41, 5.74) is 2.96. The quantitative estimate of drug-likeness (QED) is 0.879. The Morgan fingerprint density at radius 3 is 2.88 bits per heavy atom. The van der Waals surface area contributed by atoms with Crippen molar-refractivity contribution in [3.05, 3.63) is 33.8 Å². The van der Waals surface area contributed by atoms with Gasteiger partial charge in [-0.1, -0.05) is 41.9 Å². The minimum Gasteiger partial charge on any atom is -0.396 e. The number of halogens is 1. The van der Waals surface area contributed by atoms with Crippen molar-refractivity contribution in [1.82, 2.24) is 0 Å². The molecular weight excluding hydrogens is 264 g/mol. The summed E-state index contributed by atoms with van der Waals surface area (Å²) in [5.74, 6) is 0.597. The highest BCUT2D eigenvalue weighted by Gasteiger charge is 2.32. The molecule has 0 heterocycles. The molecule has 1 N–H and O–H groups in total. The molecule has 0 aliphatic heterocycles. The Morgan fingerprint density at radius 1 is 1.44 bits per heavy atom. The molecule has 0 bridgehead atoms. The van der Waals surface area contributed by atoms with E-state index in [1.807, 2.05) is 0 Å². The number of aliphatic hydroxyl groups excluding tert-OH is 1. The normalized spacial score (nSPS) is 20.6. The Bertz CT molecular complexity index is 384. The predicted molar refractivity (Wildman–Crippen MR) is 70.5 cm³/mol. The monoisotopic (exact) mass is 282 g/mol. The highest BCUT2D eigenvalue weighted by atomic mass is 79.9. The highest BCUT2D eigenvalue weighted by Crippen LogP contribution is 2.39. The lowest BCUT2D eigenvalue weighted by atomic mass is 9.70. The second-order valence-electron chi connectivity index (χ2n) is 5.46. The standard InChI is InChI=1S/C14H19BrO/c1-14(2,9-16)11-6-7-12-10(8-11)4-3-5-13(12)15/h3-5,11,16H,6-9H2,1-2H3. The summed E-state index contributed by atoms with van der Waals surface area (Å²) >= 11 is 3.62. The molecule has 0 radical (unpaired) electrons. The van der Waals surface area contributed by atoms with Crippen molar-refractivity contribution in [3.63, 3.8) is 0 Å². The fraction of sp³-hybridized carbons (Fsp3) is 0.571. The van der Waals surface area contributed by atoms with E-state index in [-0.39, 0.29) is 12.0 Å². The molecular formula is C14H19BrO. The van der Waals surface area contributed by atoms with E-state index < -0.39 is 0 Å². The Kier molecular flexibility index (Phi) is 3.41. The number of hydrogen-bond donors (Lipinski definition) is 1. The largest absolute Gasteiger partial charge is 0.396 e. The topological polar surface area (TPSA) is 20.2 Å². The molecule has 1 unspecified atom stereocenters. The molecule has 0 amide bonds. The van der Waals surface area contributed by atoms with Gasteiger partial charge in [0.1, 0.15) is 0 Å². The first-order valence-corrected chi connectivity index (χ1v) is 6.71. The summed E-state index contributed by atoms with van der Waals surface area (Å²) in [4.78, 5) is 0. The molecule has 16 heavy (non-hydrogen) atoms. The molecule has 0 fully saturated rings. The van der Waals surface area contributed by atoms with E-state index in [1.165, 1.54) is 22.0 Å².